The molecule has 20 heavy (non-hydrogen) atoms. The van der Waals surface area contributed by atoms with Gasteiger partial charge in [-0.15, -0.1) is 0 Å². The third-order valence-corrected chi connectivity index (χ3v) is 4.65. The summed E-state index contributed by atoms with van der Waals surface area (Å²) >= 11 is 0. The molecule has 0 saturated heterocycles. The molecule has 1 rings (SSSR count). The monoisotopic (exact) mass is 306 g/mol. The Balaban J connectivity index is 2.16. The Bertz CT molecular complexity index is 394. The first-order valence-electron chi connectivity index (χ1n) is 6.98. The summed E-state index contributed by atoms with van der Waals surface area (Å²) in [5.74, 6) is 1.16. The van der Waals surface area contributed by atoms with Crippen molar-refractivity contribution in [3.63, 3.8) is 0 Å². The predicted octanol–water partition coefficient (Wildman–Crippen LogP) is -0.483. The molecule has 118 valence electrons. The lowest BCUT2D eigenvalue weighted by atomic mass is 9.86. The van der Waals surface area contributed by atoms with Gasteiger partial charge in [0, 0.05) is 33.8 Å². The number of guanidine groups is 1. The number of hydrogen-bond acceptors (Lipinski definition) is 4. The van der Waals surface area contributed by atoms with E-state index in [0.717, 1.165) is 12.8 Å². The van der Waals surface area contributed by atoms with Gasteiger partial charge in [-0.3, -0.25) is 4.99 Å². The van der Waals surface area contributed by atoms with Gasteiger partial charge in [0.1, 0.15) is 0 Å². The molecular weight excluding hydrogens is 280 g/mol. The molecule has 0 radical (unpaired) electrons. The Morgan fingerprint density at radius 3 is 2.55 bits per heavy atom. The number of sulfonamides is 1. The smallest absolute Gasteiger partial charge is 0.213 e. The van der Waals surface area contributed by atoms with Gasteiger partial charge < -0.3 is 15.4 Å². The minimum Gasteiger partial charge on any atom is -0.383 e. The standard InChI is InChI=1S/C12H26N4O3S/c1-13-12(14-6-8-19-2)15-7-9-20(17,18)16-10-11-4-3-5-11/h11,16H,3-10H2,1-2H3,(H2,13,14,15). The molecule has 0 aliphatic heterocycles. The largest absolute Gasteiger partial charge is 0.383 e. The summed E-state index contributed by atoms with van der Waals surface area (Å²) in [6.45, 7) is 2.10. The van der Waals surface area contributed by atoms with Crippen molar-refractivity contribution in [2.45, 2.75) is 19.3 Å². The molecule has 0 spiro atoms. The molecule has 3 N–H and O–H groups in total. The number of aliphatic imine (C=N–C) groups is 1. The zero-order chi connectivity index (χ0) is 14.8. The lowest BCUT2D eigenvalue weighted by molar-refractivity contribution is 0.203. The summed E-state index contributed by atoms with van der Waals surface area (Å²) in [7, 11) is 0.0657. The molecule has 0 atom stereocenters. The van der Waals surface area contributed by atoms with Crippen molar-refractivity contribution in [1.82, 2.24) is 15.4 Å². The second-order valence-electron chi connectivity index (χ2n) is 4.88. The van der Waals surface area contributed by atoms with E-state index in [-0.39, 0.29) is 5.75 Å². The van der Waals surface area contributed by atoms with Crippen molar-refractivity contribution in [3.8, 4) is 0 Å². The van der Waals surface area contributed by atoms with Crippen LogP contribution in [0.25, 0.3) is 0 Å². The molecule has 0 unspecified atom stereocenters. The predicted molar refractivity (Wildman–Crippen MR) is 80.4 cm³/mol. The van der Waals surface area contributed by atoms with Crippen molar-refractivity contribution >= 4 is 16.0 Å². The topological polar surface area (TPSA) is 91.8 Å². The van der Waals surface area contributed by atoms with Crippen LogP contribution in [-0.2, 0) is 14.8 Å². The first kappa shape index (κ1) is 17.2. The molecule has 1 saturated carbocycles. The number of nitrogens with zero attached hydrogens (tertiary/aromatic N) is 1. The SMILES string of the molecule is CN=C(NCCOC)NCCS(=O)(=O)NCC1CCC1. The van der Waals surface area contributed by atoms with E-state index in [9.17, 15) is 8.42 Å². The van der Waals surface area contributed by atoms with Crippen LogP contribution in [0.15, 0.2) is 4.99 Å². The average molecular weight is 306 g/mol. The van der Waals surface area contributed by atoms with Crippen LogP contribution in [0.1, 0.15) is 19.3 Å². The zero-order valence-corrected chi connectivity index (χ0v) is 13.1. The molecular formula is C12H26N4O3S. The lowest BCUT2D eigenvalue weighted by Crippen LogP contribution is -2.42. The van der Waals surface area contributed by atoms with E-state index < -0.39 is 10.0 Å². The summed E-state index contributed by atoms with van der Waals surface area (Å²) in [5.41, 5.74) is 0. The van der Waals surface area contributed by atoms with E-state index in [1.165, 1.54) is 6.42 Å². The molecule has 0 aromatic rings. The maximum absolute atomic E-state index is 11.8. The fraction of sp³-hybridized carbons (Fsp3) is 0.917. The number of ether oxygens (including phenoxy) is 1. The number of hydrogen-bond donors (Lipinski definition) is 3. The van der Waals surface area contributed by atoms with Gasteiger partial charge in [-0.25, -0.2) is 13.1 Å². The molecule has 1 fully saturated rings. The molecule has 0 aromatic carbocycles. The minimum absolute atomic E-state index is 0.0463. The van der Waals surface area contributed by atoms with Crippen molar-refractivity contribution in [2.24, 2.45) is 10.9 Å². The third kappa shape index (κ3) is 7.06. The lowest BCUT2D eigenvalue weighted by Gasteiger charge is -2.25. The summed E-state index contributed by atoms with van der Waals surface area (Å²) in [5, 5.41) is 5.99. The number of nitrogens with one attached hydrogen (secondary N) is 3. The summed E-state index contributed by atoms with van der Waals surface area (Å²) in [6, 6.07) is 0. The van der Waals surface area contributed by atoms with Crippen LogP contribution in [-0.4, -0.2) is 60.5 Å². The molecule has 7 nitrogen and oxygen atoms in total. The van der Waals surface area contributed by atoms with Crippen molar-refractivity contribution in [2.75, 3.05) is 46.2 Å². The van der Waals surface area contributed by atoms with Gasteiger partial charge in [-0.05, 0) is 18.8 Å². The van der Waals surface area contributed by atoms with Gasteiger partial charge in [0.15, 0.2) is 5.96 Å². The highest BCUT2D eigenvalue weighted by molar-refractivity contribution is 7.89. The van der Waals surface area contributed by atoms with Crippen LogP contribution in [0, 0.1) is 5.92 Å². The first-order valence-corrected chi connectivity index (χ1v) is 8.63. The molecule has 0 bridgehead atoms. The van der Waals surface area contributed by atoms with Crippen LogP contribution in [0.5, 0.6) is 0 Å². The molecule has 0 heterocycles. The summed E-state index contributed by atoms with van der Waals surface area (Å²) in [6.07, 6.45) is 3.49. The fourth-order valence-electron chi connectivity index (χ4n) is 1.81. The quantitative estimate of drug-likeness (QED) is 0.304. The van der Waals surface area contributed by atoms with Gasteiger partial charge in [-0.1, -0.05) is 6.42 Å². The maximum atomic E-state index is 11.8. The van der Waals surface area contributed by atoms with Crippen LogP contribution in [0.4, 0.5) is 0 Å². The Kier molecular flexibility index (Phi) is 7.86. The summed E-state index contributed by atoms with van der Waals surface area (Å²) in [4.78, 5) is 4.00. The van der Waals surface area contributed by atoms with Crippen molar-refractivity contribution in [3.05, 3.63) is 0 Å². The van der Waals surface area contributed by atoms with Gasteiger partial charge in [0.05, 0.1) is 12.4 Å². The highest BCUT2D eigenvalue weighted by atomic mass is 32.2. The van der Waals surface area contributed by atoms with Crippen LogP contribution >= 0.6 is 0 Å². The Morgan fingerprint density at radius 1 is 1.30 bits per heavy atom. The van der Waals surface area contributed by atoms with Crippen LogP contribution in [0.2, 0.25) is 0 Å². The van der Waals surface area contributed by atoms with Gasteiger partial charge in [-0.2, -0.15) is 0 Å². The van der Waals surface area contributed by atoms with Gasteiger partial charge >= 0.3 is 0 Å². The molecule has 8 heteroatoms. The van der Waals surface area contributed by atoms with E-state index in [1.54, 1.807) is 14.2 Å². The third-order valence-electron chi connectivity index (χ3n) is 3.30. The number of rotatable bonds is 9. The molecule has 0 aromatic heterocycles. The zero-order valence-electron chi connectivity index (χ0n) is 12.3. The molecule has 0 amide bonds. The maximum Gasteiger partial charge on any atom is 0.213 e. The van der Waals surface area contributed by atoms with E-state index >= 15 is 0 Å². The average Bonchev–Trinajstić information content (AvgIpc) is 2.35. The van der Waals surface area contributed by atoms with Crippen LogP contribution in [0.3, 0.4) is 0 Å². The highest BCUT2D eigenvalue weighted by Gasteiger charge is 2.19. The first-order chi connectivity index (χ1) is 9.57. The Hall–Kier alpha value is -0.860. The minimum atomic E-state index is -3.20. The van der Waals surface area contributed by atoms with Crippen molar-refractivity contribution < 1.29 is 13.2 Å². The van der Waals surface area contributed by atoms with E-state index in [1.807, 2.05) is 0 Å². The second-order valence-corrected chi connectivity index (χ2v) is 6.81. The van der Waals surface area contributed by atoms with E-state index in [4.69, 9.17) is 4.74 Å². The summed E-state index contributed by atoms with van der Waals surface area (Å²) < 4.78 is 31.1. The normalized spacial score (nSPS) is 16.8. The fourth-order valence-corrected chi connectivity index (χ4v) is 2.81. The molecule has 1 aliphatic carbocycles. The van der Waals surface area contributed by atoms with E-state index in [0.29, 0.717) is 38.1 Å². The second kappa shape index (κ2) is 9.15. The van der Waals surface area contributed by atoms with Gasteiger partial charge in [0.2, 0.25) is 10.0 Å². The van der Waals surface area contributed by atoms with E-state index in [2.05, 4.69) is 20.3 Å². The molecule has 1 aliphatic rings. The Morgan fingerprint density at radius 2 is 2.00 bits per heavy atom. The highest BCUT2D eigenvalue weighted by Crippen LogP contribution is 2.25. The number of methoxy groups -OCH3 is 1. The van der Waals surface area contributed by atoms with Crippen molar-refractivity contribution in [1.29, 1.82) is 0 Å². The van der Waals surface area contributed by atoms with Crippen LogP contribution < -0.4 is 15.4 Å². The van der Waals surface area contributed by atoms with Gasteiger partial charge in [0.25, 0.3) is 0 Å². The Labute approximate surface area is 121 Å².